The molecule has 0 fully saturated rings. The van der Waals surface area contributed by atoms with Gasteiger partial charge in [-0.05, 0) is 19.3 Å². The van der Waals surface area contributed by atoms with Gasteiger partial charge in [0.25, 0.3) is 0 Å². The second-order valence-corrected chi connectivity index (χ2v) is 7.44. The van der Waals surface area contributed by atoms with Gasteiger partial charge in [-0.15, -0.1) is 0 Å². The van der Waals surface area contributed by atoms with Crippen molar-refractivity contribution in [3.63, 3.8) is 0 Å². The van der Waals surface area contributed by atoms with Crippen molar-refractivity contribution in [3.8, 4) is 0 Å². The molecule has 0 aliphatic heterocycles. The number of carboxylic acid groups (broad SMARTS) is 1. The molecule has 156 valence electrons. The summed E-state index contributed by atoms with van der Waals surface area (Å²) in [5, 5.41) is 41.5. The van der Waals surface area contributed by atoms with Crippen molar-refractivity contribution in [2.45, 2.75) is 76.3 Å². The molecule has 4 atom stereocenters. The fourth-order valence-corrected chi connectivity index (χ4v) is 3.30. The lowest BCUT2D eigenvalue weighted by molar-refractivity contribution is -0.252. The molecular formula is C15H31O10P. The van der Waals surface area contributed by atoms with E-state index >= 15 is 0 Å². The smallest absolute Gasteiger partial charge is 0.469 e. The second kappa shape index (κ2) is 10.7. The normalized spacial score (nSPS) is 19.4. The summed E-state index contributed by atoms with van der Waals surface area (Å²) in [6, 6.07) is 0. The Labute approximate surface area is 153 Å². The number of aliphatic hydroxyl groups is 3. The van der Waals surface area contributed by atoms with Gasteiger partial charge in [0, 0.05) is 6.61 Å². The first-order valence-corrected chi connectivity index (χ1v) is 10.1. The van der Waals surface area contributed by atoms with Crippen molar-refractivity contribution < 1.29 is 48.8 Å². The van der Waals surface area contributed by atoms with Gasteiger partial charge in [-0.25, -0.2) is 9.36 Å². The van der Waals surface area contributed by atoms with Crippen LogP contribution in [0.25, 0.3) is 0 Å². The fourth-order valence-electron chi connectivity index (χ4n) is 2.95. The van der Waals surface area contributed by atoms with Gasteiger partial charge < -0.3 is 34.9 Å². The van der Waals surface area contributed by atoms with Gasteiger partial charge in [0.2, 0.25) is 0 Å². The zero-order valence-electron chi connectivity index (χ0n) is 15.4. The highest BCUT2D eigenvalue weighted by Gasteiger charge is 2.61. The predicted molar refractivity (Wildman–Crippen MR) is 91.4 cm³/mol. The van der Waals surface area contributed by atoms with Gasteiger partial charge in [0.1, 0.15) is 17.8 Å². The summed E-state index contributed by atoms with van der Waals surface area (Å²) >= 11 is 0. The SMILES string of the molecule is CCCO[C@@](CCC)(C(=O)O)C(O)(CCC)C(O)C(O)COP(=O)(O)O. The molecular weight excluding hydrogens is 371 g/mol. The summed E-state index contributed by atoms with van der Waals surface area (Å²) in [6.07, 6.45) is -3.36. The number of phosphoric ester groups is 1. The van der Waals surface area contributed by atoms with Crippen molar-refractivity contribution in [3.05, 3.63) is 0 Å². The van der Waals surface area contributed by atoms with Crippen LogP contribution in [0.5, 0.6) is 0 Å². The van der Waals surface area contributed by atoms with Crippen LogP contribution < -0.4 is 0 Å². The first-order chi connectivity index (χ1) is 11.9. The molecule has 0 bridgehead atoms. The molecule has 11 heteroatoms. The van der Waals surface area contributed by atoms with E-state index in [1.165, 1.54) is 0 Å². The fraction of sp³-hybridized carbons (Fsp3) is 0.933. The zero-order chi connectivity index (χ0) is 20.6. The van der Waals surface area contributed by atoms with E-state index in [1.54, 1.807) is 20.8 Å². The average molecular weight is 402 g/mol. The second-order valence-electron chi connectivity index (χ2n) is 6.20. The van der Waals surface area contributed by atoms with E-state index in [-0.39, 0.29) is 25.9 Å². The third kappa shape index (κ3) is 6.24. The van der Waals surface area contributed by atoms with E-state index < -0.39 is 43.8 Å². The summed E-state index contributed by atoms with van der Waals surface area (Å²) in [5.74, 6) is -1.49. The molecule has 3 unspecified atom stereocenters. The molecule has 0 amide bonds. The molecule has 0 spiro atoms. The molecule has 0 aliphatic carbocycles. The molecule has 0 aromatic carbocycles. The van der Waals surface area contributed by atoms with E-state index in [9.17, 15) is 29.8 Å². The van der Waals surface area contributed by atoms with E-state index in [0.29, 0.717) is 12.8 Å². The molecule has 6 N–H and O–H groups in total. The number of carboxylic acids is 1. The molecule has 10 nitrogen and oxygen atoms in total. The molecule has 0 radical (unpaired) electrons. The third-order valence-electron chi connectivity index (χ3n) is 4.10. The van der Waals surface area contributed by atoms with Crippen LogP contribution in [0.15, 0.2) is 0 Å². The highest BCUT2D eigenvalue weighted by molar-refractivity contribution is 7.46. The summed E-state index contributed by atoms with van der Waals surface area (Å²) in [4.78, 5) is 29.5. The summed E-state index contributed by atoms with van der Waals surface area (Å²) in [7, 11) is -4.92. The van der Waals surface area contributed by atoms with Crippen molar-refractivity contribution in [1.82, 2.24) is 0 Å². The molecule has 0 heterocycles. The van der Waals surface area contributed by atoms with Gasteiger partial charge in [0.15, 0.2) is 5.60 Å². The summed E-state index contributed by atoms with van der Waals surface area (Å²) < 4.78 is 20.4. The van der Waals surface area contributed by atoms with E-state index in [4.69, 9.17) is 14.5 Å². The monoisotopic (exact) mass is 402 g/mol. The minimum absolute atomic E-state index is 0.000121. The lowest BCUT2D eigenvalue weighted by atomic mass is 9.71. The topological polar surface area (TPSA) is 174 Å². The van der Waals surface area contributed by atoms with Gasteiger partial charge in [-0.2, -0.15) is 0 Å². The Morgan fingerprint density at radius 3 is 2.00 bits per heavy atom. The summed E-state index contributed by atoms with van der Waals surface area (Å²) in [6.45, 7) is 4.08. The van der Waals surface area contributed by atoms with E-state index in [0.717, 1.165) is 0 Å². The first kappa shape index (κ1) is 25.4. The largest absolute Gasteiger partial charge is 0.479 e. The Hall–Kier alpha value is -0.580. The maximum atomic E-state index is 12.0. The van der Waals surface area contributed by atoms with E-state index in [1.807, 2.05) is 0 Å². The van der Waals surface area contributed by atoms with Gasteiger partial charge >= 0.3 is 13.8 Å². The molecule has 0 aliphatic rings. The van der Waals surface area contributed by atoms with Crippen LogP contribution >= 0.6 is 7.82 Å². The van der Waals surface area contributed by atoms with Crippen LogP contribution in [-0.4, -0.2) is 72.8 Å². The van der Waals surface area contributed by atoms with Crippen LogP contribution in [0, 0.1) is 0 Å². The number of carbonyl (C=O) groups is 1. The average Bonchev–Trinajstić information content (AvgIpc) is 2.54. The maximum absolute atomic E-state index is 12.0. The first-order valence-electron chi connectivity index (χ1n) is 8.57. The Morgan fingerprint density at radius 1 is 1.08 bits per heavy atom. The Bertz CT molecular complexity index is 481. The molecule has 0 saturated carbocycles. The molecule has 26 heavy (non-hydrogen) atoms. The van der Waals surface area contributed by atoms with Crippen LogP contribution in [0.4, 0.5) is 0 Å². The Kier molecular flexibility index (Phi) is 10.4. The maximum Gasteiger partial charge on any atom is 0.469 e. The Morgan fingerprint density at radius 2 is 1.62 bits per heavy atom. The van der Waals surface area contributed by atoms with E-state index in [2.05, 4.69) is 4.52 Å². The number of aliphatic hydroxyl groups excluding tert-OH is 2. The number of aliphatic carboxylic acids is 1. The lowest BCUT2D eigenvalue weighted by Gasteiger charge is -2.47. The molecule has 0 aromatic rings. The highest BCUT2D eigenvalue weighted by atomic mass is 31.2. The number of ether oxygens (including phenoxy) is 1. The zero-order valence-corrected chi connectivity index (χ0v) is 16.3. The summed E-state index contributed by atoms with van der Waals surface area (Å²) in [5.41, 5.74) is -4.60. The van der Waals surface area contributed by atoms with Gasteiger partial charge in [-0.1, -0.05) is 33.6 Å². The van der Waals surface area contributed by atoms with Crippen molar-refractivity contribution >= 4 is 13.8 Å². The van der Waals surface area contributed by atoms with Gasteiger partial charge in [-0.3, -0.25) is 4.52 Å². The minimum atomic E-state index is -4.92. The van der Waals surface area contributed by atoms with Crippen molar-refractivity contribution in [2.24, 2.45) is 0 Å². The molecule has 0 rings (SSSR count). The van der Waals surface area contributed by atoms with Crippen LogP contribution in [0.1, 0.15) is 52.9 Å². The number of hydrogen-bond acceptors (Lipinski definition) is 7. The van der Waals surface area contributed by atoms with Crippen molar-refractivity contribution in [2.75, 3.05) is 13.2 Å². The van der Waals surface area contributed by atoms with Crippen LogP contribution in [0.2, 0.25) is 0 Å². The van der Waals surface area contributed by atoms with Gasteiger partial charge in [0.05, 0.1) is 6.61 Å². The predicted octanol–water partition coefficient (Wildman–Crippen LogP) is 0.399. The number of rotatable bonds is 14. The quantitative estimate of drug-likeness (QED) is 0.223. The molecule has 0 saturated heterocycles. The standard InChI is InChI=1S/C15H31O10P/c1-4-7-14(20,12(17)11(16)10-25-26(21,22)23)15(8-5-2,13(18)19)24-9-6-3/h11-12,16-17,20H,4-10H2,1-3H3,(H,18,19)(H2,21,22,23)/t11?,12?,14?,15-/m0/s1. The Balaban J connectivity index is 5.92. The van der Waals surface area contributed by atoms with Crippen LogP contribution in [-0.2, 0) is 18.6 Å². The third-order valence-corrected chi connectivity index (χ3v) is 4.58. The minimum Gasteiger partial charge on any atom is -0.479 e. The van der Waals surface area contributed by atoms with Crippen molar-refractivity contribution in [1.29, 1.82) is 0 Å². The highest BCUT2D eigenvalue weighted by Crippen LogP contribution is 2.41. The lowest BCUT2D eigenvalue weighted by Crippen LogP contribution is -2.69. The number of phosphoric acid groups is 1. The number of hydrogen-bond donors (Lipinski definition) is 6. The van der Waals surface area contributed by atoms with Crippen LogP contribution in [0.3, 0.4) is 0 Å². The molecule has 0 aromatic heterocycles.